The van der Waals surface area contributed by atoms with Crippen LogP contribution < -0.4 is 21.1 Å². The van der Waals surface area contributed by atoms with Gasteiger partial charge >= 0.3 is 0 Å². The third-order valence-corrected chi connectivity index (χ3v) is 8.42. The minimum absolute atomic E-state index is 0.244. The highest BCUT2D eigenvalue weighted by molar-refractivity contribution is 7.89. The summed E-state index contributed by atoms with van der Waals surface area (Å²) in [6.45, 7) is 2.77. The van der Waals surface area contributed by atoms with Gasteiger partial charge in [-0.25, -0.2) is 18.1 Å². The number of benzene rings is 2. The van der Waals surface area contributed by atoms with Crippen molar-refractivity contribution < 1.29 is 8.42 Å². The fourth-order valence-corrected chi connectivity index (χ4v) is 5.81. The van der Waals surface area contributed by atoms with Crippen LogP contribution in [-0.2, 0) is 10.0 Å². The van der Waals surface area contributed by atoms with Crippen molar-refractivity contribution in [3.8, 4) is 0 Å². The van der Waals surface area contributed by atoms with E-state index in [0.29, 0.717) is 35.9 Å². The maximum Gasteiger partial charge on any atom is 0.240 e. The lowest BCUT2D eigenvalue weighted by atomic mass is 9.82. The molecule has 1 aromatic heterocycles. The number of sulfonamides is 1. The van der Waals surface area contributed by atoms with Gasteiger partial charge in [-0.3, -0.25) is 0 Å². The first-order valence-corrected chi connectivity index (χ1v) is 14.5. The van der Waals surface area contributed by atoms with E-state index in [1.807, 2.05) is 24.3 Å². The lowest BCUT2D eigenvalue weighted by Crippen LogP contribution is -2.32. The third kappa shape index (κ3) is 7.29. The summed E-state index contributed by atoms with van der Waals surface area (Å²) in [5.74, 6) is 2.32. The molecule has 0 amide bonds. The van der Waals surface area contributed by atoms with Crippen LogP contribution in [0.2, 0.25) is 5.02 Å². The van der Waals surface area contributed by atoms with Gasteiger partial charge in [0.15, 0.2) is 0 Å². The normalized spacial score (nSPS) is 18.3. The van der Waals surface area contributed by atoms with E-state index in [0.717, 1.165) is 68.3 Å². The average molecular weight is 531 g/mol. The predicted octanol–water partition coefficient (Wildman–Crippen LogP) is 4.63. The van der Waals surface area contributed by atoms with Crippen LogP contribution in [0.3, 0.4) is 0 Å². The van der Waals surface area contributed by atoms with Crippen molar-refractivity contribution in [2.24, 2.45) is 17.6 Å². The van der Waals surface area contributed by atoms with Gasteiger partial charge in [-0.05, 0) is 93.3 Å². The van der Waals surface area contributed by atoms with Gasteiger partial charge in [0.05, 0.1) is 10.4 Å². The molecule has 1 saturated carbocycles. The summed E-state index contributed by atoms with van der Waals surface area (Å²) in [7, 11) is -3.52. The summed E-state index contributed by atoms with van der Waals surface area (Å²) in [4.78, 5) is 9.69. The van der Waals surface area contributed by atoms with Crippen molar-refractivity contribution in [3.63, 3.8) is 0 Å². The lowest BCUT2D eigenvalue weighted by Gasteiger charge is -2.28. The Labute approximate surface area is 218 Å². The highest BCUT2D eigenvalue weighted by atomic mass is 35.5. The van der Waals surface area contributed by atoms with Crippen LogP contribution in [-0.4, -0.2) is 44.6 Å². The molecule has 0 unspecified atom stereocenters. The molecule has 1 aliphatic rings. The van der Waals surface area contributed by atoms with E-state index in [-0.39, 0.29) is 4.90 Å². The second kappa shape index (κ2) is 12.7. The van der Waals surface area contributed by atoms with Crippen molar-refractivity contribution >= 4 is 44.3 Å². The summed E-state index contributed by atoms with van der Waals surface area (Å²) in [5.41, 5.74) is 6.52. The number of unbranched alkanes of at least 4 members (excludes halogenated alkanes) is 1. The van der Waals surface area contributed by atoms with Crippen LogP contribution >= 0.6 is 11.6 Å². The Balaban J connectivity index is 1.27. The highest BCUT2D eigenvalue weighted by Gasteiger charge is 2.23. The topological polar surface area (TPSA) is 122 Å². The molecule has 2 aromatic carbocycles. The maximum atomic E-state index is 12.5. The zero-order chi connectivity index (χ0) is 25.4. The predicted molar refractivity (Wildman–Crippen MR) is 147 cm³/mol. The molecular weight excluding hydrogens is 496 g/mol. The Morgan fingerprint density at radius 2 is 1.58 bits per heavy atom. The number of nitrogens with one attached hydrogen (secondary N) is 3. The number of hydrogen-bond donors (Lipinski definition) is 4. The molecular formula is C26H35ClN6O2S. The van der Waals surface area contributed by atoms with Crippen LogP contribution in [0.15, 0.2) is 53.4 Å². The molecule has 3 aromatic rings. The molecule has 0 radical (unpaired) electrons. The summed E-state index contributed by atoms with van der Waals surface area (Å²) in [5, 5.41) is 8.41. The molecule has 5 N–H and O–H groups in total. The second-order valence-electron chi connectivity index (χ2n) is 9.41. The fraction of sp³-hybridized carbons (Fsp3) is 0.462. The quantitative estimate of drug-likeness (QED) is 0.252. The van der Waals surface area contributed by atoms with Gasteiger partial charge in [-0.2, -0.15) is 4.98 Å². The number of nitrogens with two attached hydrogens (primary N) is 1. The largest absolute Gasteiger partial charge is 0.369 e. The monoisotopic (exact) mass is 530 g/mol. The number of para-hydroxylation sites is 1. The van der Waals surface area contributed by atoms with Crippen LogP contribution in [0.1, 0.15) is 38.5 Å². The first-order valence-electron chi connectivity index (χ1n) is 12.6. The number of aromatic nitrogens is 2. The van der Waals surface area contributed by atoms with Gasteiger partial charge in [-0.15, -0.1) is 0 Å². The molecule has 0 bridgehead atoms. The smallest absolute Gasteiger partial charge is 0.240 e. The number of hydrogen-bond acceptors (Lipinski definition) is 7. The minimum atomic E-state index is -3.52. The summed E-state index contributed by atoms with van der Waals surface area (Å²) in [6, 6.07) is 14.3. The molecule has 0 aliphatic heterocycles. The van der Waals surface area contributed by atoms with Crippen molar-refractivity contribution in [1.82, 2.24) is 14.7 Å². The Kier molecular flexibility index (Phi) is 9.36. The summed E-state index contributed by atoms with van der Waals surface area (Å²) in [6.07, 6.45) is 6.03. The van der Waals surface area contributed by atoms with Crippen LogP contribution in [0.5, 0.6) is 0 Å². The van der Waals surface area contributed by atoms with Crippen LogP contribution in [0.4, 0.5) is 11.8 Å². The first kappa shape index (κ1) is 26.6. The molecule has 0 spiro atoms. The maximum absolute atomic E-state index is 12.5. The number of fused-ring (bicyclic) bond motifs is 1. The van der Waals surface area contributed by atoms with Gasteiger partial charge in [0, 0.05) is 30.0 Å². The second-order valence-corrected chi connectivity index (χ2v) is 11.6. The van der Waals surface area contributed by atoms with Gasteiger partial charge in [-0.1, -0.05) is 23.7 Å². The molecule has 0 atom stereocenters. The van der Waals surface area contributed by atoms with E-state index in [2.05, 4.69) is 15.4 Å². The number of halogens is 1. The Morgan fingerprint density at radius 1 is 0.889 bits per heavy atom. The zero-order valence-corrected chi connectivity index (χ0v) is 22.0. The molecule has 194 valence electrons. The van der Waals surface area contributed by atoms with E-state index < -0.39 is 10.0 Å². The molecule has 0 saturated heterocycles. The molecule has 4 rings (SSSR count). The lowest BCUT2D eigenvalue weighted by molar-refractivity contribution is 0.284. The van der Waals surface area contributed by atoms with Crippen LogP contribution in [0.25, 0.3) is 10.9 Å². The van der Waals surface area contributed by atoms with Gasteiger partial charge in [0.1, 0.15) is 5.82 Å². The molecule has 36 heavy (non-hydrogen) atoms. The third-order valence-electron chi connectivity index (χ3n) is 6.73. The van der Waals surface area contributed by atoms with Gasteiger partial charge in [0.2, 0.25) is 16.0 Å². The average Bonchev–Trinajstić information content (AvgIpc) is 2.89. The van der Waals surface area contributed by atoms with Gasteiger partial charge < -0.3 is 16.4 Å². The Morgan fingerprint density at radius 3 is 2.31 bits per heavy atom. The zero-order valence-electron chi connectivity index (χ0n) is 20.4. The number of nitrogens with zero attached hydrogens (tertiary/aromatic N) is 2. The Hall–Kier alpha value is -2.46. The van der Waals surface area contributed by atoms with E-state index in [9.17, 15) is 8.42 Å². The van der Waals surface area contributed by atoms with E-state index in [1.54, 1.807) is 12.1 Å². The van der Waals surface area contributed by atoms with Gasteiger partial charge in [0.25, 0.3) is 0 Å². The van der Waals surface area contributed by atoms with Crippen molar-refractivity contribution in [2.45, 2.75) is 43.4 Å². The van der Waals surface area contributed by atoms with Crippen molar-refractivity contribution in [1.29, 1.82) is 0 Å². The SMILES string of the molecule is NCCCCNc1nc(NCC2CCC(CNS(=O)(=O)c3ccc(Cl)cc3)CC2)nc2ccccc12. The number of anilines is 2. The first-order chi connectivity index (χ1) is 17.4. The Bertz CT molecular complexity index is 1230. The van der Waals surface area contributed by atoms with Crippen LogP contribution in [0, 0.1) is 11.8 Å². The van der Waals surface area contributed by atoms with E-state index >= 15 is 0 Å². The van der Waals surface area contributed by atoms with E-state index in [4.69, 9.17) is 27.3 Å². The molecule has 1 heterocycles. The standard InChI is InChI=1S/C26H35ClN6O2S/c27-21-11-13-22(14-12-21)36(34,35)31-18-20-9-7-19(8-10-20)17-30-26-32-24-6-2-1-5-23(24)25(33-26)29-16-4-3-15-28/h1-2,5-6,11-14,19-20,31H,3-4,7-10,15-18,28H2,(H2,29,30,32,33). The molecule has 10 heteroatoms. The summed E-state index contributed by atoms with van der Waals surface area (Å²) >= 11 is 5.87. The molecule has 8 nitrogen and oxygen atoms in total. The minimum Gasteiger partial charge on any atom is -0.369 e. The van der Waals surface area contributed by atoms with E-state index in [1.165, 1.54) is 12.1 Å². The highest BCUT2D eigenvalue weighted by Crippen LogP contribution is 2.29. The fourth-order valence-electron chi connectivity index (χ4n) is 4.57. The molecule has 1 aliphatic carbocycles. The number of rotatable bonds is 12. The molecule has 1 fully saturated rings. The van der Waals surface area contributed by atoms with Crippen molar-refractivity contribution in [2.75, 3.05) is 36.8 Å². The summed E-state index contributed by atoms with van der Waals surface area (Å²) < 4.78 is 27.8. The van der Waals surface area contributed by atoms with Crippen molar-refractivity contribution in [3.05, 3.63) is 53.6 Å².